The molecule has 0 saturated carbocycles. The molecule has 0 aliphatic heterocycles. The van der Waals surface area contributed by atoms with Crippen LogP contribution in [0.3, 0.4) is 0 Å². The van der Waals surface area contributed by atoms with Crippen LogP contribution in [0.5, 0.6) is 5.75 Å². The molecule has 4 nitrogen and oxygen atoms in total. The minimum absolute atomic E-state index is 0.753. The van der Waals surface area contributed by atoms with Crippen LogP contribution in [0, 0.1) is 0 Å². The second-order valence-electron chi connectivity index (χ2n) is 4.24. The molecule has 0 amide bonds. The first-order valence-corrected chi connectivity index (χ1v) is 6.27. The molecule has 0 fully saturated rings. The van der Waals surface area contributed by atoms with Crippen molar-refractivity contribution in [3.8, 4) is 17.2 Å². The van der Waals surface area contributed by atoms with Crippen molar-refractivity contribution in [1.82, 2.24) is 4.98 Å². The maximum atomic E-state index is 5.35. The first-order chi connectivity index (χ1) is 9.85. The lowest BCUT2D eigenvalue weighted by molar-refractivity contribution is 0.415. The molecule has 0 aliphatic carbocycles. The van der Waals surface area contributed by atoms with E-state index in [9.17, 15) is 0 Å². The summed E-state index contributed by atoms with van der Waals surface area (Å²) in [5, 5.41) is 3.25. The molecule has 0 aliphatic rings. The Bertz CT molecular complexity index is 676. The Labute approximate surface area is 117 Å². The van der Waals surface area contributed by atoms with E-state index in [1.165, 1.54) is 0 Å². The molecule has 0 spiro atoms. The highest BCUT2D eigenvalue weighted by Gasteiger charge is 2.03. The number of benzene rings is 1. The van der Waals surface area contributed by atoms with Gasteiger partial charge in [0.25, 0.3) is 0 Å². The van der Waals surface area contributed by atoms with Crippen molar-refractivity contribution in [2.45, 2.75) is 0 Å². The molecule has 0 unspecified atom stereocenters. The number of pyridine rings is 1. The van der Waals surface area contributed by atoms with Crippen molar-refractivity contribution in [2.75, 3.05) is 12.4 Å². The highest BCUT2D eigenvalue weighted by atomic mass is 16.5. The van der Waals surface area contributed by atoms with E-state index in [4.69, 9.17) is 9.15 Å². The number of ether oxygens (including phenoxy) is 1. The lowest BCUT2D eigenvalue weighted by Crippen LogP contribution is -1.94. The number of rotatable bonds is 4. The minimum Gasteiger partial charge on any atom is -0.497 e. The van der Waals surface area contributed by atoms with Crippen molar-refractivity contribution in [3.05, 3.63) is 60.9 Å². The molecule has 2 heterocycles. The zero-order valence-electron chi connectivity index (χ0n) is 11.0. The molecular formula is C16H14N2O2. The Morgan fingerprint density at radius 3 is 2.55 bits per heavy atom. The zero-order chi connectivity index (χ0) is 13.8. The van der Waals surface area contributed by atoms with Crippen molar-refractivity contribution < 1.29 is 9.15 Å². The van der Waals surface area contributed by atoms with Crippen LogP contribution in [0.2, 0.25) is 0 Å². The lowest BCUT2D eigenvalue weighted by atomic mass is 10.2. The van der Waals surface area contributed by atoms with E-state index < -0.39 is 0 Å². The molecule has 1 aromatic carbocycles. The summed E-state index contributed by atoms with van der Waals surface area (Å²) < 4.78 is 10.5. The van der Waals surface area contributed by atoms with Gasteiger partial charge in [-0.15, -0.1) is 0 Å². The molecule has 3 aromatic rings. The third kappa shape index (κ3) is 2.64. The SMILES string of the molecule is COc1ccc(Nc2cccc(-c3ccco3)n2)cc1. The smallest absolute Gasteiger partial charge is 0.152 e. The normalized spacial score (nSPS) is 10.2. The summed E-state index contributed by atoms with van der Waals surface area (Å²) in [5.74, 6) is 2.35. The second-order valence-corrected chi connectivity index (χ2v) is 4.24. The summed E-state index contributed by atoms with van der Waals surface area (Å²) in [6, 6.07) is 17.2. The molecule has 0 saturated heterocycles. The highest BCUT2D eigenvalue weighted by Crippen LogP contribution is 2.22. The van der Waals surface area contributed by atoms with Crippen LogP contribution < -0.4 is 10.1 Å². The summed E-state index contributed by atoms with van der Waals surface area (Å²) >= 11 is 0. The molecule has 1 N–H and O–H groups in total. The lowest BCUT2D eigenvalue weighted by Gasteiger charge is -2.07. The third-order valence-electron chi connectivity index (χ3n) is 2.89. The average molecular weight is 266 g/mol. The molecule has 20 heavy (non-hydrogen) atoms. The molecule has 0 atom stereocenters. The van der Waals surface area contributed by atoms with Gasteiger partial charge in [-0.25, -0.2) is 4.98 Å². The molecule has 100 valence electrons. The van der Waals surface area contributed by atoms with Crippen molar-refractivity contribution in [1.29, 1.82) is 0 Å². The number of furan rings is 1. The van der Waals surface area contributed by atoms with Gasteiger partial charge < -0.3 is 14.5 Å². The van der Waals surface area contributed by atoms with Crippen LogP contribution in [-0.2, 0) is 0 Å². The van der Waals surface area contributed by atoms with E-state index in [-0.39, 0.29) is 0 Å². The van der Waals surface area contributed by atoms with E-state index in [2.05, 4.69) is 10.3 Å². The molecule has 0 bridgehead atoms. The van der Waals surface area contributed by atoms with Crippen molar-refractivity contribution >= 4 is 11.5 Å². The topological polar surface area (TPSA) is 47.3 Å². The van der Waals surface area contributed by atoms with Gasteiger partial charge in [-0.2, -0.15) is 0 Å². The van der Waals surface area contributed by atoms with E-state index in [0.717, 1.165) is 28.7 Å². The molecular weight excluding hydrogens is 252 g/mol. The van der Waals surface area contributed by atoms with E-state index in [1.807, 2.05) is 54.6 Å². The van der Waals surface area contributed by atoms with Gasteiger partial charge in [-0.05, 0) is 48.5 Å². The Kier molecular flexibility index (Phi) is 3.37. The predicted molar refractivity (Wildman–Crippen MR) is 78.2 cm³/mol. The van der Waals surface area contributed by atoms with Gasteiger partial charge in [0.05, 0.1) is 13.4 Å². The van der Waals surface area contributed by atoms with Crippen LogP contribution in [0.1, 0.15) is 0 Å². The van der Waals surface area contributed by atoms with Gasteiger partial charge >= 0.3 is 0 Å². The van der Waals surface area contributed by atoms with Crippen molar-refractivity contribution in [3.63, 3.8) is 0 Å². The Balaban J connectivity index is 1.82. The highest BCUT2D eigenvalue weighted by molar-refractivity contribution is 5.61. The van der Waals surface area contributed by atoms with Crippen LogP contribution in [0.15, 0.2) is 65.3 Å². The molecule has 2 aromatic heterocycles. The summed E-state index contributed by atoms with van der Waals surface area (Å²) in [6.45, 7) is 0. The Morgan fingerprint density at radius 1 is 1.00 bits per heavy atom. The number of methoxy groups -OCH3 is 1. The van der Waals surface area contributed by atoms with Crippen LogP contribution >= 0.6 is 0 Å². The fraction of sp³-hybridized carbons (Fsp3) is 0.0625. The number of hydrogen-bond acceptors (Lipinski definition) is 4. The van der Waals surface area contributed by atoms with Gasteiger partial charge in [-0.1, -0.05) is 6.07 Å². The summed E-state index contributed by atoms with van der Waals surface area (Å²) in [5.41, 5.74) is 1.75. The quantitative estimate of drug-likeness (QED) is 0.772. The molecule has 3 rings (SSSR count). The van der Waals surface area contributed by atoms with E-state index >= 15 is 0 Å². The van der Waals surface area contributed by atoms with Crippen molar-refractivity contribution in [2.24, 2.45) is 0 Å². The summed E-state index contributed by atoms with van der Waals surface area (Å²) in [6.07, 6.45) is 1.64. The molecule has 0 radical (unpaired) electrons. The number of nitrogens with zero attached hydrogens (tertiary/aromatic N) is 1. The maximum absolute atomic E-state index is 5.35. The minimum atomic E-state index is 0.753. The second kappa shape index (κ2) is 5.48. The first kappa shape index (κ1) is 12.3. The van der Waals surface area contributed by atoms with Crippen LogP contribution in [0.25, 0.3) is 11.5 Å². The Morgan fingerprint density at radius 2 is 1.85 bits per heavy atom. The predicted octanol–water partition coefficient (Wildman–Crippen LogP) is 4.09. The fourth-order valence-corrected chi connectivity index (χ4v) is 1.89. The summed E-state index contributed by atoms with van der Waals surface area (Å²) in [4.78, 5) is 4.52. The van der Waals surface area contributed by atoms with E-state index in [1.54, 1.807) is 13.4 Å². The maximum Gasteiger partial charge on any atom is 0.152 e. The number of nitrogens with one attached hydrogen (secondary N) is 1. The summed E-state index contributed by atoms with van der Waals surface area (Å²) in [7, 11) is 1.65. The zero-order valence-corrected chi connectivity index (χ0v) is 11.0. The molecule has 4 heteroatoms. The van der Waals surface area contributed by atoms with Gasteiger partial charge in [0, 0.05) is 5.69 Å². The van der Waals surface area contributed by atoms with Crippen LogP contribution in [-0.4, -0.2) is 12.1 Å². The third-order valence-corrected chi connectivity index (χ3v) is 2.89. The standard InChI is InChI=1S/C16H14N2O2/c1-19-13-9-7-12(8-10-13)17-16-6-2-4-14(18-16)15-5-3-11-20-15/h2-11H,1H3,(H,17,18). The number of aromatic nitrogens is 1. The van der Waals surface area contributed by atoms with Crippen LogP contribution in [0.4, 0.5) is 11.5 Å². The fourth-order valence-electron chi connectivity index (χ4n) is 1.89. The van der Waals surface area contributed by atoms with Gasteiger partial charge in [0.2, 0.25) is 0 Å². The van der Waals surface area contributed by atoms with Gasteiger partial charge in [0.15, 0.2) is 5.76 Å². The average Bonchev–Trinajstić information content (AvgIpc) is 3.03. The van der Waals surface area contributed by atoms with E-state index in [0.29, 0.717) is 0 Å². The number of anilines is 2. The Hall–Kier alpha value is -2.75. The monoisotopic (exact) mass is 266 g/mol. The number of hydrogen-bond donors (Lipinski definition) is 1. The largest absolute Gasteiger partial charge is 0.497 e. The van der Waals surface area contributed by atoms with Gasteiger partial charge in [-0.3, -0.25) is 0 Å². The van der Waals surface area contributed by atoms with Gasteiger partial charge in [0.1, 0.15) is 17.3 Å². The first-order valence-electron chi connectivity index (χ1n) is 6.27.